The van der Waals surface area contributed by atoms with E-state index in [1.54, 1.807) is 32.3 Å². The largest absolute Gasteiger partial charge is 0.452 e. The summed E-state index contributed by atoms with van der Waals surface area (Å²) in [5.74, 6) is -1.91. The topological polar surface area (TPSA) is 147 Å². The molecule has 3 rings (SSSR count). The van der Waals surface area contributed by atoms with Gasteiger partial charge in [-0.15, -0.1) is 0 Å². The van der Waals surface area contributed by atoms with E-state index in [1.807, 2.05) is 37.3 Å². The van der Waals surface area contributed by atoms with Crippen molar-refractivity contribution in [3.05, 3.63) is 83.6 Å². The minimum atomic E-state index is -0.634. The summed E-state index contributed by atoms with van der Waals surface area (Å²) in [6, 6.07) is 18.4. The quantitative estimate of drug-likeness (QED) is 0.0632. The van der Waals surface area contributed by atoms with Gasteiger partial charge in [0.2, 0.25) is 12.3 Å². The predicted octanol–water partition coefficient (Wildman–Crippen LogP) is 4.56. The fourth-order valence-corrected chi connectivity index (χ4v) is 4.84. The number of hydroxylamine groups is 2. The Hall–Kier alpha value is -4.97. The molecule has 2 N–H and O–H groups in total. The lowest BCUT2D eigenvalue weighted by Gasteiger charge is -2.32. The van der Waals surface area contributed by atoms with E-state index in [2.05, 4.69) is 17.6 Å². The molecule has 2 aromatic carbocycles. The molecule has 1 heterocycles. The van der Waals surface area contributed by atoms with Crippen LogP contribution in [-0.2, 0) is 30.6 Å². The van der Waals surface area contributed by atoms with Crippen molar-refractivity contribution in [2.45, 2.75) is 58.6 Å². The molecule has 0 saturated heterocycles. The number of carbonyl (C=O) groups is 5. The average Bonchev–Trinajstić information content (AvgIpc) is 3.59. The number of likely N-dealkylation sites (N-methyl/N-ethyl adjacent to an activating group) is 1. The third-order valence-electron chi connectivity index (χ3n) is 7.56. The van der Waals surface area contributed by atoms with Crippen LogP contribution in [0.5, 0.6) is 0 Å². The Labute approximate surface area is 275 Å². The minimum Gasteiger partial charge on any atom is -0.452 e. The first kappa shape index (κ1) is 36.5. The Morgan fingerprint density at radius 1 is 0.915 bits per heavy atom. The van der Waals surface area contributed by atoms with Crippen LogP contribution >= 0.6 is 0 Å². The maximum absolute atomic E-state index is 13.4. The number of carbonyl (C=O) groups excluding carboxylic acids is 5. The van der Waals surface area contributed by atoms with Gasteiger partial charge < -0.3 is 24.7 Å². The zero-order chi connectivity index (χ0) is 34.2. The number of hydrogen-bond acceptors (Lipinski definition) is 8. The van der Waals surface area contributed by atoms with E-state index in [9.17, 15) is 24.0 Å². The molecule has 4 amide bonds. The van der Waals surface area contributed by atoms with Gasteiger partial charge in [0.15, 0.2) is 12.4 Å². The molecule has 0 bridgehead atoms. The van der Waals surface area contributed by atoms with Crippen molar-refractivity contribution in [2.24, 2.45) is 5.92 Å². The number of hydrogen-bond donors (Lipinski definition) is 2. The van der Waals surface area contributed by atoms with Crippen LogP contribution in [0.1, 0.15) is 72.4 Å². The molecule has 47 heavy (non-hydrogen) atoms. The molecule has 12 nitrogen and oxygen atoms in total. The number of ether oxygens (including phenoxy) is 1. The van der Waals surface area contributed by atoms with Crippen molar-refractivity contribution in [1.29, 1.82) is 0 Å². The van der Waals surface area contributed by atoms with E-state index in [-0.39, 0.29) is 43.0 Å². The van der Waals surface area contributed by atoms with Gasteiger partial charge in [0.05, 0.1) is 24.2 Å². The second kappa shape index (κ2) is 18.9. The van der Waals surface area contributed by atoms with E-state index in [4.69, 9.17) is 14.0 Å². The second-order valence-corrected chi connectivity index (χ2v) is 11.1. The Bertz CT molecular complexity index is 1460. The maximum atomic E-state index is 13.4. The van der Waals surface area contributed by atoms with Crippen LogP contribution in [0.4, 0.5) is 0 Å². The highest BCUT2D eigenvalue weighted by Crippen LogP contribution is 2.24. The van der Waals surface area contributed by atoms with Crippen molar-refractivity contribution in [3.8, 4) is 11.3 Å². The standard InChI is InChI=1S/C35H44N4O8/c1-5-7-9-14-28(29(6-2)39(24-40)46-21-25-12-10-8-11-13-25)33(42)36-23-37-34(43)31-20-19-30(47-31)26-15-17-27(18-16-26)35(44)45-22-32(41)38(3)4/h8,10-13,15-20,24,28-29H,5-7,9,14,21-23H2,1-4H3,(H,36,42)(H,37,43)/t28-,29-/m1/s1. The van der Waals surface area contributed by atoms with Gasteiger partial charge in [0.25, 0.3) is 11.8 Å². The van der Waals surface area contributed by atoms with E-state index in [0.717, 1.165) is 24.8 Å². The van der Waals surface area contributed by atoms with Gasteiger partial charge in [-0.05, 0) is 42.7 Å². The van der Waals surface area contributed by atoms with Crippen molar-refractivity contribution >= 4 is 30.1 Å². The Balaban J connectivity index is 1.57. The molecular formula is C35H44N4O8. The monoisotopic (exact) mass is 648 g/mol. The van der Waals surface area contributed by atoms with E-state index in [0.29, 0.717) is 30.6 Å². The molecule has 0 spiro atoms. The summed E-state index contributed by atoms with van der Waals surface area (Å²) in [5.41, 5.74) is 1.78. The Morgan fingerprint density at radius 2 is 1.64 bits per heavy atom. The van der Waals surface area contributed by atoms with Crippen LogP contribution in [-0.4, -0.2) is 73.5 Å². The molecule has 0 aliphatic carbocycles. The molecule has 0 unspecified atom stereocenters. The highest BCUT2D eigenvalue weighted by Gasteiger charge is 2.32. The Kier molecular flexibility index (Phi) is 14.7. The number of amides is 4. The molecule has 0 saturated carbocycles. The molecule has 3 aromatic rings. The average molecular weight is 649 g/mol. The van der Waals surface area contributed by atoms with Crippen molar-refractivity contribution in [2.75, 3.05) is 27.4 Å². The normalized spacial score (nSPS) is 12.0. The second-order valence-electron chi connectivity index (χ2n) is 11.1. The molecule has 12 heteroatoms. The number of furan rings is 1. The molecule has 0 fully saturated rings. The molecule has 0 aliphatic heterocycles. The van der Waals surface area contributed by atoms with Crippen LogP contribution in [0.15, 0.2) is 71.1 Å². The number of nitrogens with zero attached hydrogens (tertiary/aromatic N) is 2. The van der Waals surface area contributed by atoms with Crippen LogP contribution < -0.4 is 10.6 Å². The van der Waals surface area contributed by atoms with Gasteiger partial charge in [-0.1, -0.05) is 75.6 Å². The summed E-state index contributed by atoms with van der Waals surface area (Å²) in [5, 5.41) is 6.66. The van der Waals surface area contributed by atoms with Gasteiger partial charge in [0.1, 0.15) is 12.4 Å². The highest BCUT2D eigenvalue weighted by molar-refractivity contribution is 5.93. The van der Waals surface area contributed by atoms with Crippen LogP contribution in [0, 0.1) is 5.92 Å². The molecule has 2 atom stereocenters. The summed E-state index contributed by atoms with van der Waals surface area (Å²) >= 11 is 0. The summed E-state index contributed by atoms with van der Waals surface area (Å²) in [4.78, 5) is 69.3. The SMILES string of the molecule is CCCCC[C@@H](C(=O)NCNC(=O)c1ccc(-c2ccc(C(=O)OCC(=O)N(C)C)cc2)o1)[C@@H](CC)N(C=O)OCc1ccccc1. The van der Waals surface area contributed by atoms with Gasteiger partial charge >= 0.3 is 5.97 Å². The van der Waals surface area contributed by atoms with Crippen molar-refractivity contribution < 1.29 is 38.0 Å². The van der Waals surface area contributed by atoms with E-state index in [1.165, 1.54) is 28.2 Å². The molecule has 252 valence electrons. The lowest BCUT2D eigenvalue weighted by atomic mass is 9.90. The molecule has 0 aliphatic rings. The third-order valence-corrected chi connectivity index (χ3v) is 7.56. The highest BCUT2D eigenvalue weighted by atomic mass is 16.7. The molecule has 1 aromatic heterocycles. The van der Waals surface area contributed by atoms with Crippen LogP contribution in [0.3, 0.4) is 0 Å². The summed E-state index contributed by atoms with van der Waals surface area (Å²) in [7, 11) is 3.14. The number of esters is 1. The zero-order valence-corrected chi connectivity index (χ0v) is 27.4. The third kappa shape index (κ3) is 11.1. The van der Waals surface area contributed by atoms with Crippen LogP contribution in [0.2, 0.25) is 0 Å². The fourth-order valence-electron chi connectivity index (χ4n) is 4.84. The summed E-state index contributed by atoms with van der Waals surface area (Å²) in [6.45, 7) is 3.66. The summed E-state index contributed by atoms with van der Waals surface area (Å²) in [6.07, 6.45) is 4.38. The lowest BCUT2D eigenvalue weighted by Crippen LogP contribution is -2.48. The fraction of sp³-hybridized carbons (Fsp3) is 0.400. The first-order valence-corrected chi connectivity index (χ1v) is 15.7. The van der Waals surface area contributed by atoms with Crippen molar-refractivity contribution in [3.63, 3.8) is 0 Å². The number of rotatable bonds is 19. The maximum Gasteiger partial charge on any atom is 0.338 e. The smallest absolute Gasteiger partial charge is 0.338 e. The van der Waals surface area contributed by atoms with Gasteiger partial charge in [-0.3, -0.25) is 24.0 Å². The van der Waals surface area contributed by atoms with E-state index >= 15 is 0 Å². The van der Waals surface area contributed by atoms with Gasteiger partial charge in [-0.2, -0.15) is 0 Å². The van der Waals surface area contributed by atoms with Gasteiger partial charge in [-0.25, -0.2) is 9.86 Å². The predicted molar refractivity (Wildman–Crippen MR) is 174 cm³/mol. The minimum absolute atomic E-state index is 0.0345. The van der Waals surface area contributed by atoms with E-state index < -0.39 is 23.8 Å². The molecule has 0 radical (unpaired) electrons. The summed E-state index contributed by atoms with van der Waals surface area (Å²) < 4.78 is 10.7. The number of unbranched alkanes of at least 4 members (excludes halogenated alkanes) is 2. The number of benzene rings is 2. The number of nitrogens with one attached hydrogen (secondary N) is 2. The Morgan fingerprint density at radius 3 is 2.28 bits per heavy atom. The first-order chi connectivity index (χ1) is 22.7. The first-order valence-electron chi connectivity index (χ1n) is 15.7. The van der Waals surface area contributed by atoms with Crippen molar-refractivity contribution in [1.82, 2.24) is 20.6 Å². The van der Waals surface area contributed by atoms with Gasteiger partial charge in [0, 0.05) is 19.7 Å². The molecular weight excluding hydrogens is 604 g/mol. The lowest BCUT2D eigenvalue weighted by molar-refractivity contribution is -0.200. The van der Waals surface area contributed by atoms with Crippen LogP contribution in [0.25, 0.3) is 11.3 Å². The zero-order valence-electron chi connectivity index (χ0n) is 27.4.